The first-order valence-electron chi connectivity index (χ1n) is 7.95. The molecule has 21 heavy (non-hydrogen) atoms. The molecule has 2 aromatic rings. The fourth-order valence-corrected chi connectivity index (χ4v) is 2.89. The molecule has 1 N–H and O–H groups in total. The van der Waals surface area contributed by atoms with Crippen LogP contribution in [0.5, 0.6) is 0 Å². The largest absolute Gasteiger partial charge is 0.327 e. The van der Waals surface area contributed by atoms with Crippen LogP contribution >= 0.6 is 0 Å². The highest BCUT2D eigenvalue weighted by Gasteiger charge is 2.25. The third-order valence-electron chi connectivity index (χ3n) is 4.56. The first kappa shape index (κ1) is 14.3. The van der Waals surface area contributed by atoms with Gasteiger partial charge in [0.1, 0.15) is 5.82 Å². The van der Waals surface area contributed by atoms with Gasteiger partial charge in [0.25, 0.3) is 0 Å². The molecule has 2 heterocycles. The molecular weight excluding hydrogens is 258 g/mol. The van der Waals surface area contributed by atoms with Crippen molar-refractivity contribution >= 4 is 0 Å². The zero-order chi connectivity index (χ0) is 14.9. The zero-order valence-electron chi connectivity index (χ0n) is 13.3. The molecule has 1 aromatic heterocycles. The summed E-state index contributed by atoms with van der Waals surface area (Å²) >= 11 is 0. The Hall–Kier alpha value is -1.61. The minimum atomic E-state index is 0.295. The summed E-state index contributed by atoms with van der Waals surface area (Å²) in [6.45, 7) is 9.95. The van der Waals surface area contributed by atoms with Gasteiger partial charge in [0.2, 0.25) is 0 Å². The fraction of sp³-hybridized carbons (Fsp3) is 0.500. The summed E-state index contributed by atoms with van der Waals surface area (Å²) in [6, 6.07) is 10.6. The number of imidazole rings is 1. The number of fused-ring (bicyclic) bond motifs is 1. The van der Waals surface area contributed by atoms with Crippen molar-refractivity contribution in [2.75, 3.05) is 6.54 Å². The highest BCUT2D eigenvalue weighted by molar-refractivity contribution is 5.57. The van der Waals surface area contributed by atoms with E-state index in [-0.39, 0.29) is 0 Å². The Morgan fingerprint density at radius 1 is 1.24 bits per heavy atom. The van der Waals surface area contributed by atoms with Crippen LogP contribution in [0.3, 0.4) is 0 Å². The third-order valence-corrected chi connectivity index (χ3v) is 4.56. The lowest BCUT2D eigenvalue weighted by Gasteiger charge is -2.26. The Morgan fingerprint density at radius 3 is 2.71 bits per heavy atom. The average molecular weight is 283 g/mol. The maximum absolute atomic E-state index is 4.94. The van der Waals surface area contributed by atoms with Gasteiger partial charge in [0.05, 0.1) is 5.69 Å². The summed E-state index contributed by atoms with van der Waals surface area (Å²) in [6.07, 6.45) is 2.25. The summed E-state index contributed by atoms with van der Waals surface area (Å²) in [5.74, 6) is 1.13. The number of hydrogen-bond donors (Lipinski definition) is 1. The van der Waals surface area contributed by atoms with Crippen molar-refractivity contribution in [2.24, 2.45) is 5.41 Å². The summed E-state index contributed by atoms with van der Waals surface area (Å²) in [5.41, 5.74) is 4.17. The second-order valence-corrected chi connectivity index (χ2v) is 6.73. The molecule has 0 radical (unpaired) electrons. The van der Waals surface area contributed by atoms with Crippen molar-refractivity contribution in [3.05, 3.63) is 41.7 Å². The van der Waals surface area contributed by atoms with Gasteiger partial charge in [-0.2, -0.15) is 0 Å². The first-order chi connectivity index (χ1) is 10.1. The average Bonchev–Trinajstić information content (AvgIpc) is 2.87. The van der Waals surface area contributed by atoms with E-state index in [1.807, 2.05) is 0 Å². The second-order valence-electron chi connectivity index (χ2n) is 6.73. The maximum Gasteiger partial charge on any atom is 0.140 e. The molecule has 0 spiro atoms. The monoisotopic (exact) mass is 283 g/mol. The van der Waals surface area contributed by atoms with Crippen molar-refractivity contribution in [2.45, 2.75) is 46.7 Å². The minimum Gasteiger partial charge on any atom is -0.327 e. The van der Waals surface area contributed by atoms with E-state index in [0.29, 0.717) is 5.41 Å². The molecule has 0 bridgehead atoms. The topological polar surface area (TPSA) is 29.9 Å². The van der Waals surface area contributed by atoms with Crippen LogP contribution in [-0.4, -0.2) is 16.1 Å². The van der Waals surface area contributed by atoms with Crippen LogP contribution in [0.1, 0.15) is 38.6 Å². The third kappa shape index (κ3) is 2.88. The normalized spacial score (nSPS) is 15.0. The van der Waals surface area contributed by atoms with Gasteiger partial charge in [-0.15, -0.1) is 0 Å². The van der Waals surface area contributed by atoms with Crippen molar-refractivity contribution in [1.82, 2.24) is 14.9 Å². The fourth-order valence-electron chi connectivity index (χ4n) is 2.89. The van der Waals surface area contributed by atoms with Crippen molar-refractivity contribution in [3.63, 3.8) is 0 Å². The van der Waals surface area contributed by atoms with Gasteiger partial charge in [-0.25, -0.2) is 4.98 Å². The van der Waals surface area contributed by atoms with E-state index < -0.39 is 0 Å². The standard InChI is InChI=1S/C18H25N3/c1-4-18(2,3)13-21-16-10-11-19-12-15(16)20-17(21)14-8-6-5-7-9-14/h5-9,19H,4,10-13H2,1-3H3. The van der Waals surface area contributed by atoms with E-state index in [4.69, 9.17) is 4.98 Å². The van der Waals surface area contributed by atoms with Crippen molar-refractivity contribution in [3.8, 4) is 11.4 Å². The van der Waals surface area contributed by atoms with Crippen LogP contribution in [0.2, 0.25) is 0 Å². The van der Waals surface area contributed by atoms with Crippen LogP contribution in [0.25, 0.3) is 11.4 Å². The van der Waals surface area contributed by atoms with E-state index in [0.717, 1.165) is 31.9 Å². The SMILES string of the molecule is CCC(C)(C)Cn1c(-c2ccccc2)nc2c1CCNC2. The van der Waals surface area contributed by atoms with E-state index in [1.165, 1.54) is 23.4 Å². The molecule has 1 aromatic carbocycles. The lowest BCUT2D eigenvalue weighted by Crippen LogP contribution is -2.27. The van der Waals surface area contributed by atoms with Gasteiger partial charge < -0.3 is 9.88 Å². The van der Waals surface area contributed by atoms with E-state index >= 15 is 0 Å². The van der Waals surface area contributed by atoms with Gasteiger partial charge in [0, 0.05) is 37.3 Å². The van der Waals surface area contributed by atoms with Crippen LogP contribution in [0.15, 0.2) is 30.3 Å². The van der Waals surface area contributed by atoms with Crippen LogP contribution in [-0.2, 0) is 19.5 Å². The Balaban J connectivity index is 2.08. The number of aromatic nitrogens is 2. The molecule has 112 valence electrons. The van der Waals surface area contributed by atoms with Gasteiger partial charge >= 0.3 is 0 Å². The van der Waals surface area contributed by atoms with Crippen molar-refractivity contribution < 1.29 is 0 Å². The summed E-state index contributed by atoms with van der Waals surface area (Å²) in [7, 11) is 0. The summed E-state index contributed by atoms with van der Waals surface area (Å²) < 4.78 is 2.47. The quantitative estimate of drug-likeness (QED) is 0.928. The van der Waals surface area contributed by atoms with Gasteiger partial charge in [-0.1, -0.05) is 51.1 Å². The molecule has 0 amide bonds. The van der Waals surface area contributed by atoms with E-state index in [1.54, 1.807) is 0 Å². The number of benzene rings is 1. The second kappa shape index (κ2) is 5.64. The predicted octanol–water partition coefficient (Wildman–Crippen LogP) is 3.63. The van der Waals surface area contributed by atoms with Crippen LogP contribution < -0.4 is 5.32 Å². The highest BCUT2D eigenvalue weighted by Crippen LogP contribution is 2.30. The zero-order valence-corrected chi connectivity index (χ0v) is 13.3. The molecular formula is C18H25N3. The molecule has 0 saturated heterocycles. The molecule has 0 unspecified atom stereocenters. The van der Waals surface area contributed by atoms with E-state index in [9.17, 15) is 0 Å². The number of nitrogens with one attached hydrogen (secondary N) is 1. The highest BCUT2D eigenvalue weighted by atomic mass is 15.1. The molecule has 1 aliphatic heterocycles. The molecule has 0 atom stereocenters. The molecule has 0 aliphatic carbocycles. The molecule has 3 rings (SSSR count). The maximum atomic E-state index is 4.94. The minimum absolute atomic E-state index is 0.295. The molecule has 3 heteroatoms. The Bertz CT molecular complexity index is 611. The predicted molar refractivity (Wildman–Crippen MR) is 87.1 cm³/mol. The van der Waals surface area contributed by atoms with Crippen molar-refractivity contribution in [1.29, 1.82) is 0 Å². The van der Waals surface area contributed by atoms with Crippen LogP contribution in [0, 0.1) is 5.41 Å². The smallest absolute Gasteiger partial charge is 0.140 e. The molecule has 1 aliphatic rings. The summed E-state index contributed by atoms with van der Waals surface area (Å²) in [4.78, 5) is 4.94. The lowest BCUT2D eigenvalue weighted by atomic mass is 9.90. The van der Waals surface area contributed by atoms with Gasteiger partial charge in [-0.3, -0.25) is 0 Å². The molecule has 3 nitrogen and oxygen atoms in total. The summed E-state index contributed by atoms with van der Waals surface area (Å²) in [5, 5.41) is 3.43. The number of nitrogens with zero attached hydrogens (tertiary/aromatic N) is 2. The molecule has 0 saturated carbocycles. The number of hydrogen-bond acceptors (Lipinski definition) is 2. The Labute approximate surface area is 127 Å². The van der Waals surface area contributed by atoms with E-state index in [2.05, 4.69) is 61.0 Å². The lowest BCUT2D eigenvalue weighted by molar-refractivity contribution is 0.291. The van der Waals surface area contributed by atoms with Gasteiger partial charge in [-0.05, 0) is 11.8 Å². The molecule has 0 fully saturated rings. The van der Waals surface area contributed by atoms with Gasteiger partial charge in [0.15, 0.2) is 0 Å². The number of rotatable bonds is 4. The first-order valence-corrected chi connectivity index (χ1v) is 7.95. The Kier molecular flexibility index (Phi) is 3.85. The Morgan fingerprint density at radius 2 is 2.00 bits per heavy atom. The van der Waals surface area contributed by atoms with Crippen LogP contribution in [0.4, 0.5) is 0 Å².